The molecule has 2 aromatic rings. The zero-order valence-electron chi connectivity index (χ0n) is 20.2. The van der Waals surface area contributed by atoms with Gasteiger partial charge in [0.1, 0.15) is 18.0 Å². The van der Waals surface area contributed by atoms with Crippen LogP contribution < -0.4 is 10.1 Å². The van der Waals surface area contributed by atoms with Crippen LogP contribution in [0.15, 0.2) is 65.9 Å². The van der Waals surface area contributed by atoms with Gasteiger partial charge in [0.05, 0.1) is 12.2 Å². The first-order valence-corrected chi connectivity index (χ1v) is 11.6. The van der Waals surface area contributed by atoms with Crippen LogP contribution in [-0.4, -0.2) is 42.4 Å². The molecule has 180 valence electrons. The standard InChI is InChI=1S/C27H32N2O5/c1-5-33-27(32)26-19(4)29(17-24(30)28-16-18(2)3)25(31)15-23(26)20-10-9-13-22(14-20)34-21-11-7-6-8-12-21/h6-14,18,23H,5,15-17H2,1-4H3,(H,28,30)/t23-/m0/s1. The zero-order chi connectivity index (χ0) is 24.7. The summed E-state index contributed by atoms with van der Waals surface area (Å²) in [5, 5.41) is 2.83. The van der Waals surface area contributed by atoms with E-state index in [0.717, 1.165) is 5.56 Å². The van der Waals surface area contributed by atoms with Gasteiger partial charge in [-0.15, -0.1) is 0 Å². The summed E-state index contributed by atoms with van der Waals surface area (Å²) in [6.07, 6.45) is 0.0533. The Balaban J connectivity index is 1.92. The number of ether oxygens (including phenoxy) is 2. The molecule has 1 aliphatic rings. The summed E-state index contributed by atoms with van der Waals surface area (Å²) < 4.78 is 11.3. The van der Waals surface area contributed by atoms with Gasteiger partial charge < -0.3 is 19.7 Å². The molecule has 7 heteroatoms. The van der Waals surface area contributed by atoms with Crippen molar-refractivity contribution in [2.24, 2.45) is 5.92 Å². The number of allylic oxidation sites excluding steroid dienone is 1. The van der Waals surface area contributed by atoms with E-state index in [9.17, 15) is 14.4 Å². The molecule has 0 unspecified atom stereocenters. The quantitative estimate of drug-likeness (QED) is 0.556. The maximum Gasteiger partial charge on any atom is 0.336 e. The third kappa shape index (κ3) is 6.25. The molecule has 1 heterocycles. The first kappa shape index (κ1) is 25.0. The molecule has 2 amide bonds. The number of nitrogens with zero attached hydrogens (tertiary/aromatic N) is 1. The predicted molar refractivity (Wildman–Crippen MR) is 129 cm³/mol. The highest BCUT2D eigenvalue weighted by atomic mass is 16.5. The van der Waals surface area contributed by atoms with E-state index in [-0.39, 0.29) is 31.4 Å². The van der Waals surface area contributed by atoms with Gasteiger partial charge in [-0.1, -0.05) is 44.2 Å². The Morgan fingerprint density at radius 1 is 1.09 bits per heavy atom. The molecule has 0 aromatic heterocycles. The van der Waals surface area contributed by atoms with E-state index < -0.39 is 11.9 Å². The predicted octanol–water partition coefficient (Wildman–Crippen LogP) is 4.40. The van der Waals surface area contributed by atoms with Gasteiger partial charge in [-0.05, 0) is 49.6 Å². The summed E-state index contributed by atoms with van der Waals surface area (Å²) in [6, 6.07) is 16.8. The lowest BCUT2D eigenvalue weighted by Gasteiger charge is -2.34. The van der Waals surface area contributed by atoms with Gasteiger partial charge in [0.25, 0.3) is 0 Å². The van der Waals surface area contributed by atoms with Crippen LogP contribution in [0.3, 0.4) is 0 Å². The third-order valence-electron chi connectivity index (χ3n) is 5.57. The molecule has 0 aliphatic carbocycles. The lowest BCUT2D eigenvalue weighted by atomic mass is 9.83. The Kier molecular flexibility index (Phi) is 8.46. The number of nitrogens with one attached hydrogen (secondary N) is 1. The highest BCUT2D eigenvalue weighted by molar-refractivity contribution is 5.97. The molecule has 0 bridgehead atoms. The minimum absolute atomic E-state index is 0.0533. The van der Waals surface area contributed by atoms with E-state index in [2.05, 4.69) is 5.32 Å². The number of hydrogen-bond acceptors (Lipinski definition) is 5. The van der Waals surface area contributed by atoms with Crippen molar-refractivity contribution in [2.75, 3.05) is 19.7 Å². The molecule has 3 rings (SSSR count). The summed E-state index contributed by atoms with van der Waals surface area (Å²) in [5.74, 6) is 0.122. The van der Waals surface area contributed by atoms with Crippen LogP contribution in [0, 0.1) is 5.92 Å². The number of hydrogen-bond donors (Lipinski definition) is 1. The zero-order valence-corrected chi connectivity index (χ0v) is 20.2. The van der Waals surface area contributed by atoms with Crippen molar-refractivity contribution in [3.8, 4) is 11.5 Å². The normalized spacial score (nSPS) is 16.0. The summed E-state index contributed by atoms with van der Waals surface area (Å²) in [5.41, 5.74) is 1.59. The molecule has 0 saturated carbocycles. The highest BCUT2D eigenvalue weighted by Crippen LogP contribution is 2.38. The largest absolute Gasteiger partial charge is 0.463 e. The maximum absolute atomic E-state index is 13.1. The van der Waals surface area contributed by atoms with Gasteiger partial charge in [-0.25, -0.2) is 4.79 Å². The first-order valence-electron chi connectivity index (χ1n) is 11.6. The van der Waals surface area contributed by atoms with Crippen LogP contribution in [0.4, 0.5) is 0 Å². The van der Waals surface area contributed by atoms with E-state index in [4.69, 9.17) is 9.47 Å². The smallest absolute Gasteiger partial charge is 0.336 e. The van der Waals surface area contributed by atoms with Crippen LogP contribution in [0.25, 0.3) is 0 Å². The van der Waals surface area contributed by atoms with Gasteiger partial charge in [0, 0.05) is 24.6 Å². The molecule has 1 aliphatic heterocycles. The van der Waals surface area contributed by atoms with Crippen molar-refractivity contribution in [1.82, 2.24) is 10.2 Å². The first-order chi connectivity index (χ1) is 16.3. The molecule has 1 atom stereocenters. The number of amides is 2. The van der Waals surface area contributed by atoms with Crippen LogP contribution in [0.2, 0.25) is 0 Å². The summed E-state index contributed by atoms with van der Waals surface area (Å²) in [6.45, 7) is 8.02. The summed E-state index contributed by atoms with van der Waals surface area (Å²) in [4.78, 5) is 39.9. The van der Waals surface area contributed by atoms with Gasteiger partial charge in [0.2, 0.25) is 11.8 Å². The Labute approximate surface area is 200 Å². The number of benzene rings is 2. The molecular formula is C27H32N2O5. The Morgan fingerprint density at radius 3 is 2.47 bits per heavy atom. The van der Waals surface area contributed by atoms with Crippen molar-refractivity contribution >= 4 is 17.8 Å². The lowest BCUT2D eigenvalue weighted by Crippen LogP contribution is -2.44. The average molecular weight is 465 g/mol. The number of carbonyl (C=O) groups is 3. The molecule has 34 heavy (non-hydrogen) atoms. The number of carbonyl (C=O) groups excluding carboxylic acids is 3. The van der Waals surface area contributed by atoms with Crippen LogP contribution in [0.1, 0.15) is 45.6 Å². The van der Waals surface area contributed by atoms with Crippen LogP contribution in [-0.2, 0) is 19.1 Å². The molecule has 0 fully saturated rings. The second kappa shape index (κ2) is 11.5. The number of rotatable bonds is 9. The van der Waals surface area contributed by atoms with Crippen LogP contribution in [0.5, 0.6) is 11.5 Å². The third-order valence-corrected chi connectivity index (χ3v) is 5.57. The fourth-order valence-corrected chi connectivity index (χ4v) is 3.90. The maximum atomic E-state index is 13.1. The molecule has 0 radical (unpaired) electrons. The fourth-order valence-electron chi connectivity index (χ4n) is 3.90. The van der Waals surface area contributed by atoms with Gasteiger partial charge in [-0.2, -0.15) is 0 Å². The van der Waals surface area contributed by atoms with E-state index in [1.54, 1.807) is 13.8 Å². The molecule has 7 nitrogen and oxygen atoms in total. The minimum atomic E-state index is -0.499. The van der Waals surface area contributed by atoms with Crippen molar-refractivity contribution in [3.05, 3.63) is 71.4 Å². The van der Waals surface area contributed by atoms with E-state index >= 15 is 0 Å². The highest BCUT2D eigenvalue weighted by Gasteiger charge is 2.37. The van der Waals surface area contributed by atoms with E-state index in [1.807, 2.05) is 68.4 Å². The molecular weight excluding hydrogens is 432 g/mol. The fraction of sp³-hybridized carbons (Fsp3) is 0.370. The Morgan fingerprint density at radius 2 is 1.79 bits per heavy atom. The average Bonchev–Trinajstić information content (AvgIpc) is 2.81. The summed E-state index contributed by atoms with van der Waals surface area (Å²) in [7, 11) is 0. The van der Waals surface area contributed by atoms with Crippen molar-refractivity contribution < 1.29 is 23.9 Å². The molecule has 2 aromatic carbocycles. The topological polar surface area (TPSA) is 84.9 Å². The molecule has 0 spiro atoms. The summed E-state index contributed by atoms with van der Waals surface area (Å²) >= 11 is 0. The van der Waals surface area contributed by atoms with Crippen molar-refractivity contribution in [3.63, 3.8) is 0 Å². The lowest BCUT2D eigenvalue weighted by molar-refractivity contribution is -0.141. The van der Waals surface area contributed by atoms with Crippen molar-refractivity contribution in [1.29, 1.82) is 0 Å². The SMILES string of the molecule is CCOC(=O)C1=C(C)N(CC(=O)NCC(C)C)C(=O)C[C@H]1c1cccc(Oc2ccccc2)c1. The minimum Gasteiger partial charge on any atom is -0.463 e. The van der Waals surface area contributed by atoms with Crippen LogP contribution >= 0.6 is 0 Å². The van der Waals surface area contributed by atoms with Gasteiger partial charge in [-0.3, -0.25) is 9.59 Å². The monoisotopic (exact) mass is 464 g/mol. The number of esters is 1. The van der Waals surface area contributed by atoms with Gasteiger partial charge in [0.15, 0.2) is 0 Å². The number of para-hydroxylation sites is 1. The van der Waals surface area contributed by atoms with Gasteiger partial charge >= 0.3 is 5.97 Å². The Hall–Kier alpha value is -3.61. The van der Waals surface area contributed by atoms with E-state index in [1.165, 1.54) is 4.90 Å². The Bertz CT molecular complexity index is 1060. The van der Waals surface area contributed by atoms with Crippen molar-refractivity contribution in [2.45, 2.75) is 40.0 Å². The second-order valence-electron chi connectivity index (χ2n) is 8.64. The van der Waals surface area contributed by atoms with E-state index in [0.29, 0.717) is 35.2 Å². The second-order valence-corrected chi connectivity index (χ2v) is 8.64. The molecule has 0 saturated heterocycles. The molecule has 1 N–H and O–H groups in total.